The van der Waals surface area contributed by atoms with Crippen LogP contribution in [0.15, 0.2) is 30.6 Å². The quantitative estimate of drug-likeness (QED) is 0.897. The number of nitrogens with zero attached hydrogens (tertiary/aromatic N) is 2. The van der Waals surface area contributed by atoms with E-state index in [0.717, 1.165) is 12.4 Å². The maximum absolute atomic E-state index is 5.65. The molecule has 2 rings (SSSR count). The minimum absolute atomic E-state index is 0.448. The van der Waals surface area contributed by atoms with E-state index in [9.17, 15) is 0 Å². The predicted octanol–water partition coefficient (Wildman–Crippen LogP) is 2.82. The van der Waals surface area contributed by atoms with Gasteiger partial charge in [-0.05, 0) is 23.6 Å². The van der Waals surface area contributed by atoms with Crippen LogP contribution in [0.1, 0.15) is 42.3 Å². The third-order valence-electron chi connectivity index (χ3n) is 3.25. The van der Waals surface area contributed by atoms with Gasteiger partial charge in [0.1, 0.15) is 5.82 Å². The summed E-state index contributed by atoms with van der Waals surface area (Å²) in [5.41, 5.74) is 9.46. The predicted molar refractivity (Wildman–Crippen MR) is 74.5 cm³/mol. The van der Waals surface area contributed by atoms with Crippen molar-refractivity contribution in [1.82, 2.24) is 9.55 Å². The van der Waals surface area contributed by atoms with Gasteiger partial charge < -0.3 is 10.3 Å². The summed E-state index contributed by atoms with van der Waals surface area (Å²) in [6.07, 6.45) is 3.92. The van der Waals surface area contributed by atoms with E-state index in [1.807, 2.05) is 12.4 Å². The standard InChI is InChI=1S/C15H21N3/c1-11(2)15-17-6-7-18(15)10-14-5-4-13(9-16)8-12(14)3/h4-8,11H,9-10,16H2,1-3H3. The van der Waals surface area contributed by atoms with Crippen molar-refractivity contribution in [3.63, 3.8) is 0 Å². The molecule has 0 aliphatic rings. The second-order valence-electron chi connectivity index (χ2n) is 5.03. The van der Waals surface area contributed by atoms with Gasteiger partial charge in [0.2, 0.25) is 0 Å². The molecule has 0 fully saturated rings. The molecule has 0 spiro atoms. The third kappa shape index (κ3) is 2.62. The Hall–Kier alpha value is -1.61. The second-order valence-corrected chi connectivity index (χ2v) is 5.03. The fourth-order valence-electron chi connectivity index (χ4n) is 2.20. The molecular weight excluding hydrogens is 222 g/mol. The van der Waals surface area contributed by atoms with Crippen LogP contribution in [-0.2, 0) is 13.1 Å². The van der Waals surface area contributed by atoms with E-state index in [4.69, 9.17) is 5.73 Å². The van der Waals surface area contributed by atoms with Gasteiger partial charge >= 0.3 is 0 Å². The fourth-order valence-corrected chi connectivity index (χ4v) is 2.20. The maximum atomic E-state index is 5.65. The third-order valence-corrected chi connectivity index (χ3v) is 3.25. The molecule has 18 heavy (non-hydrogen) atoms. The molecule has 0 radical (unpaired) electrons. The minimum Gasteiger partial charge on any atom is -0.330 e. The number of aryl methyl sites for hydroxylation is 1. The highest BCUT2D eigenvalue weighted by Crippen LogP contribution is 2.17. The SMILES string of the molecule is Cc1cc(CN)ccc1Cn1ccnc1C(C)C. The molecule has 2 N–H and O–H groups in total. The van der Waals surface area contributed by atoms with Gasteiger partial charge in [0.05, 0.1) is 0 Å². The van der Waals surface area contributed by atoms with Gasteiger partial charge in [-0.1, -0.05) is 32.0 Å². The first-order chi connectivity index (χ1) is 8.61. The number of benzene rings is 1. The molecule has 2 aromatic rings. The molecule has 1 aromatic heterocycles. The van der Waals surface area contributed by atoms with Crippen LogP contribution in [-0.4, -0.2) is 9.55 Å². The van der Waals surface area contributed by atoms with Crippen molar-refractivity contribution < 1.29 is 0 Å². The molecule has 0 aliphatic heterocycles. The molecule has 0 aliphatic carbocycles. The summed E-state index contributed by atoms with van der Waals surface area (Å²) in [6, 6.07) is 6.44. The van der Waals surface area contributed by atoms with Crippen LogP contribution in [0.2, 0.25) is 0 Å². The van der Waals surface area contributed by atoms with Gasteiger partial charge in [-0.3, -0.25) is 0 Å². The van der Waals surface area contributed by atoms with E-state index >= 15 is 0 Å². The Kier molecular flexibility index (Phi) is 3.82. The van der Waals surface area contributed by atoms with Crippen LogP contribution in [0.4, 0.5) is 0 Å². The lowest BCUT2D eigenvalue weighted by molar-refractivity contribution is 0.668. The maximum Gasteiger partial charge on any atom is 0.111 e. The molecule has 3 heteroatoms. The number of aromatic nitrogens is 2. The number of nitrogens with two attached hydrogens (primary N) is 1. The van der Waals surface area contributed by atoms with Gasteiger partial charge in [0, 0.05) is 31.4 Å². The van der Waals surface area contributed by atoms with Crippen LogP contribution in [0.3, 0.4) is 0 Å². The van der Waals surface area contributed by atoms with E-state index in [1.165, 1.54) is 16.7 Å². The first kappa shape index (κ1) is 12.8. The number of hydrogen-bond acceptors (Lipinski definition) is 2. The number of imidazole rings is 1. The number of rotatable bonds is 4. The van der Waals surface area contributed by atoms with Gasteiger partial charge in [-0.25, -0.2) is 4.98 Å². The molecular formula is C15H21N3. The first-order valence-electron chi connectivity index (χ1n) is 6.41. The molecule has 0 saturated heterocycles. The molecule has 0 amide bonds. The van der Waals surface area contributed by atoms with E-state index in [0.29, 0.717) is 12.5 Å². The molecule has 1 aromatic carbocycles. The number of hydrogen-bond donors (Lipinski definition) is 1. The molecule has 0 atom stereocenters. The van der Waals surface area contributed by atoms with Crippen molar-refractivity contribution in [2.24, 2.45) is 5.73 Å². The average Bonchev–Trinajstić information content (AvgIpc) is 2.80. The summed E-state index contributed by atoms with van der Waals surface area (Å²) in [4.78, 5) is 4.42. The highest BCUT2D eigenvalue weighted by Gasteiger charge is 2.08. The smallest absolute Gasteiger partial charge is 0.111 e. The average molecular weight is 243 g/mol. The Morgan fingerprint density at radius 1 is 1.33 bits per heavy atom. The van der Waals surface area contributed by atoms with Crippen molar-refractivity contribution >= 4 is 0 Å². The summed E-state index contributed by atoms with van der Waals surface area (Å²) >= 11 is 0. The lowest BCUT2D eigenvalue weighted by atomic mass is 10.0. The van der Waals surface area contributed by atoms with Crippen molar-refractivity contribution in [3.05, 3.63) is 53.1 Å². The summed E-state index contributed by atoms with van der Waals surface area (Å²) < 4.78 is 2.22. The van der Waals surface area contributed by atoms with Crippen LogP contribution in [0, 0.1) is 6.92 Å². The monoisotopic (exact) mass is 243 g/mol. The van der Waals surface area contributed by atoms with Gasteiger partial charge in [0.15, 0.2) is 0 Å². The van der Waals surface area contributed by atoms with Gasteiger partial charge in [0.25, 0.3) is 0 Å². The van der Waals surface area contributed by atoms with Gasteiger partial charge in [-0.2, -0.15) is 0 Å². The lowest BCUT2D eigenvalue weighted by Crippen LogP contribution is -2.07. The molecule has 96 valence electrons. The first-order valence-corrected chi connectivity index (χ1v) is 6.41. The fraction of sp³-hybridized carbons (Fsp3) is 0.400. The Balaban J connectivity index is 2.26. The Labute approximate surface area is 109 Å². The van der Waals surface area contributed by atoms with Gasteiger partial charge in [-0.15, -0.1) is 0 Å². The van der Waals surface area contributed by atoms with E-state index in [1.54, 1.807) is 0 Å². The highest BCUT2D eigenvalue weighted by molar-refractivity contribution is 5.31. The summed E-state index contributed by atoms with van der Waals surface area (Å²) in [6.45, 7) is 7.96. The van der Waals surface area contributed by atoms with Crippen molar-refractivity contribution in [1.29, 1.82) is 0 Å². The zero-order valence-electron chi connectivity index (χ0n) is 11.4. The molecule has 0 bridgehead atoms. The van der Waals surface area contributed by atoms with Crippen LogP contribution < -0.4 is 5.73 Å². The van der Waals surface area contributed by atoms with Crippen LogP contribution in [0.25, 0.3) is 0 Å². The minimum atomic E-state index is 0.448. The Morgan fingerprint density at radius 3 is 2.72 bits per heavy atom. The van der Waals surface area contributed by atoms with E-state index < -0.39 is 0 Å². The zero-order valence-corrected chi connectivity index (χ0v) is 11.4. The molecule has 3 nitrogen and oxygen atoms in total. The van der Waals surface area contributed by atoms with E-state index in [-0.39, 0.29) is 0 Å². The Morgan fingerprint density at radius 2 is 2.11 bits per heavy atom. The van der Waals surface area contributed by atoms with E-state index in [2.05, 4.69) is 48.5 Å². The van der Waals surface area contributed by atoms with Crippen molar-refractivity contribution in [2.75, 3.05) is 0 Å². The summed E-state index contributed by atoms with van der Waals surface area (Å²) in [5.74, 6) is 1.58. The van der Waals surface area contributed by atoms with Crippen molar-refractivity contribution in [3.8, 4) is 0 Å². The lowest BCUT2D eigenvalue weighted by Gasteiger charge is -2.13. The summed E-state index contributed by atoms with van der Waals surface area (Å²) in [5, 5.41) is 0. The zero-order chi connectivity index (χ0) is 13.1. The van der Waals surface area contributed by atoms with Crippen LogP contribution >= 0.6 is 0 Å². The largest absolute Gasteiger partial charge is 0.330 e. The second kappa shape index (κ2) is 5.36. The topological polar surface area (TPSA) is 43.8 Å². The normalized spacial score (nSPS) is 11.2. The molecule has 0 saturated carbocycles. The Bertz CT molecular complexity index is 526. The van der Waals surface area contributed by atoms with Crippen molar-refractivity contribution in [2.45, 2.75) is 39.8 Å². The van der Waals surface area contributed by atoms with Crippen LogP contribution in [0.5, 0.6) is 0 Å². The summed E-state index contributed by atoms with van der Waals surface area (Å²) in [7, 11) is 0. The molecule has 0 unspecified atom stereocenters. The molecule has 1 heterocycles. The highest BCUT2D eigenvalue weighted by atomic mass is 15.1.